The van der Waals surface area contributed by atoms with Crippen LogP contribution in [0.4, 0.5) is 0 Å². The number of benzene rings is 1. The molecule has 35 heavy (non-hydrogen) atoms. The van der Waals surface area contributed by atoms with E-state index in [0.717, 1.165) is 0 Å². The fourth-order valence-electron chi connectivity index (χ4n) is 4.42. The van der Waals surface area contributed by atoms with Gasteiger partial charge in [-0.3, -0.25) is 9.59 Å². The van der Waals surface area contributed by atoms with Gasteiger partial charge in [-0.1, -0.05) is 12.1 Å². The van der Waals surface area contributed by atoms with Gasteiger partial charge in [0, 0.05) is 29.9 Å². The summed E-state index contributed by atoms with van der Waals surface area (Å²) in [5.74, 6) is -1.78. The molecule has 0 radical (unpaired) electrons. The maximum absolute atomic E-state index is 13.3. The first-order valence-corrected chi connectivity index (χ1v) is 11.0. The van der Waals surface area contributed by atoms with Gasteiger partial charge in [-0.15, -0.1) is 0 Å². The predicted molar refractivity (Wildman–Crippen MR) is 129 cm³/mol. The monoisotopic (exact) mass is 485 g/mol. The summed E-state index contributed by atoms with van der Waals surface area (Å²) in [4.78, 5) is 44.9. The number of aliphatic hydroxyl groups is 1. The van der Waals surface area contributed by atoms with Crippen LogP contribution in [0, 0.1) is 13.8 Å². The van der Waals surface area contributed by atoms with Crippen molar-refractivity contribution in [3.05, 3.63) is 51.9 Å². The normalized spacial score (nSPS) is 17.3. The van der Waals surface area contributed by atoms with E-state index in [1.165, 1.54) is 26.2 Å². The van der Waals surface area contributed by atoms with Gasteiger partial charge < -0.3 is 34.1 Å². The third-order valence-corrected chi connectivity index (χ3v) is 6.12. The predicted octanol–water partition coefficient (Wildman–Crippen LogP) is 2.42. The number of nitrogens with zero attached hydrogens (tertiary/aromatic N) is 2. The van der Waals surface area contributed by atoms with E-state index in [1.54, 1.807) is 32.0 Å². The van der Waals surface area contributed by atoms with Crippen LogP contribution in [0.15, 0.2) is 23.8 Å². The number of carbonyl (C=O) groups is 3. The van der Waals surface area contributed by atoms with Crippen molar-refractivity contribution in [3.8, 4) is 11.5 Å². The molecule has 1 fully saturated rings. The first-order valence-electron chi connectivity index (χ1n) is 11.0. The summed E-state index contributed by atoms with van der Waals surface area (Å²) in [6.45, 7) is 4.02. The Labute approximate surface area is 204 Å². The van der Waals surface area contributed by atoms with Crippen molar-refractivity contribution in [2.24, 2.45) is 0 Å². The largest absolute Gasteiger partial charge is 0.507 e. The Bertz CT molecular complexity index is 1200. The van der Waals surface area contributed by atoms with Crippen molar-refractivity contribution in [1.29, 1.82) is 0 Å². The van der Waals surface area contributed by atoms with Crippen molar-refractivity contribution < 1.29 is 33.7 Å². The molecule has 1 amide bonds. The summed E-state index contributed by atoms with van der Waals surface area (Å²) in [6, 6.07) is 4.22. The average molecular weight is 486 g/mol. The number of likely N-dealkylation sites (tertiary alicyclic amines) is 1. The van der Waals surface area contributed by atoms with Crippen molar-refractivity contribution in [1.82, 2.24) is 14.8 Å². The molecule has 10 nitrogen and oxygen atoms in total. The lowest BCUT2D eigenvalue weighted by atomic mass is 9.93. The zero-order valence-electron chi connectivity index (χ0n) is 21.0. The van der Waals surface area contributed by atoms with E-state index in [2.05, 4.69) is 4.98 Å². The highest BCUT2D eigenvalue weighted by atomic mass is 16.5. The molecule has 0 spiro atoms. The molecule has 1 aromatic heterocycles. The number of aromatic amines is 1. The van der Waals surface area contributed by atoms with Crippen LogP contribution in [0.2, 0.25) is 0 Å². The van der Waals surface area contributed by atoms with Gasteiger partial charge >= 0.3 is 5.97 Å². The molecule has 1 aliphatic rings. The molecule has 1 aromatic carbocycles. The van der Waals surface area contributed by atoms with Crippen LogP contribution in [0.3, 0.4) is 0 Å². The highest BCUT2D eigenvalue weighted by Gasteiger charge is 2.47. The van der Waals surface area contributed by atoms with Gasteiger partial charge in [0.2, 0.25) is 0 Å². The van der Waals surface area contributed by atoms with E-state index in [-0.39, 0.29) is 29.1 Å². The number of aryl methyl sites for hydroxylation is 1. The molecular weight excluding hydrogens is 454 g/mol. The number of esters is 1. The number of carbonyl (C=O) groups excluding carboxylic acids is 3. The number of aromatic nitrogens is 1. The Hall–Kier alpha value is -3.79. The number of para-hydroxylation sites is 1. The van der Waals surface area contributed by atoms with Crippen LogP contribution < -0.4 is 9.47 Å². The Kier molecular flexibility index (Phi) is 7.54. The van der Waals surface area contributed by atoms with Gasteiger partial charge in [0.1, 0.15) is 11.5 Å². The van der Waals surface area contributed by atoms with Crippen LogP contribution in [0.5, 0.6) is 11.5 Å². The fraction of sp³-hybridized carbons (Fsp3) is 0.400. The zero-order chi connectivity index (χ0) is 26.0. The molecule has 0 aliphatic carbocycles. The Morgan fingerprint density at radius 3 is 2.40 bits per heavy atom. The minimum atomic E-state index is -0.935. The summed E-state index contributed by atoms with van der Waals surface area (Å²) in [6.07, 6.45) is 0. The lowest BCUT2D eigenvalue weighted by Crippen LogP contribution is -2.35. The molecule has 0 unspecified atom stereocenters. The second-order valence-electron chi connectivity index (χ2n) is 8.50. The highest BCUT2D eigenvalue weighted by Crippen LogP contribution is 2.46. The number of ether oxygens (including phenoxy) is 3. The van der Waals surface area contributed by atoms with Gasteiger partial charge in [-0.2, -0.15) is 0 Å². The quantitative estimate of drug-likeness (QED) is 0.253. The first-order chi connectivity index (χ1) is 16.6. The number of methoxy groups -OCH3 is 3. The van der Waals surface area contributed by atoms with Crippen molar-refractivity contribution >= 4 is 23.4 Å². The van der Waals surface area contributed by atoms with Crippen LogP contribution in [-0.4, -0.2) is 86.1 Å². The summed E-state index contributed by atoms with van der Waals surface area (Å²) < 4.78 is 15.8. The van der Waals surface area contributed by atoms with E-state index in [4.69, 9.17) is 14.2 Å². The van der Waals surface area contributed by atoms with E-state index < -0.39 is 23.7 Å². The number of ketones is 1. The molecule has 2 heterocycles. The molecule has 0 bridgehead atoms. The SMILES string of the molecule is COC(=O)c1[nH]c(C)c(C(O)=C2C(=O)C(=O)N(CCN(C)C)[C@H]2c2cccc(OC)c2OC)c1C. The Morgan fingerprint density at radius 2 is 1.83 bits per heavy atom. The fourth-order valence-corrected chi connectivity index (χ4v) is 4.42. The van der Waals surface area contributed by atoms with Gasteiger partial charge in [0.15, 0.2) is 11.5 Å². The molecule has 10 heteroatoms. The summed E-state index contributed by atoms with van der Waals surface area (Å²) in [5, 5.41) is 11.5. The molecule has 1 atom stereocenters. The Morgan fingerprint density at radius 1 is 1.14 bits per heavy atom. The van der Waals surface area contributed by atoms with Crippen molar-refractivity contribution in [3.63, 3.8) is 0 Å². The smallest absolute Gasteiger partial charge is 0.354 e. The molecule has 0 saturated carbocycles. The Balaban J connectivity index is 2.31. The third kappa shape index (κ3) is 4.49. The van der Waals surface area contributed by atoms with E-state index in [0.29, 0.717) is 34.9 Å². The van der Waals surface area contributed by atoms with Crippen LogP contribution in [0.1, 0.15) is 38.9 Å². The molecule has 1 aliphatic heterocycles. The summed E-state index contributed by atoms with van der Waals surface area (Å²) >= 11 is 0. The molecule has 1 saturated heterocycles. The lowest BCUT2D eigenvalue weighted by molar-refractivity contribution is -0.140. The first kappa shape index (κ1) is 25.8. The molecule has 3 rings (SSSR count). The zero-order valence-corrected chi connectivity index (χ0v) is 21.0. The van der Waals surface area contributed by atoms with Gasteiger partial charge in [-0.25, -0.2) is 4.79 Å². The van der Waals surface area contributed by atoms with Crippen molar-refractivity contribution in [2.45, 2.75) is 19.9 Å². The number of amides is 1. The maximum atomic E-state index is 13.3. The molecule has 2 aromatic rings. The average Bonchev–Trinajstić information content (AvgIpc) is 3.27. The number of nitrogens with one attached hydrogen (secondary N) is 1. The number of H-pyrrole nitrogens is 1. The van der Waals surface area contributed by atoms with Crippen molar-refractivity contribution in [2.75, 3.05) is 48.5 Å². The van der Waals surface area contributed by atoms with E-state index in [9.17, 15) is 19.5 Å². The second-order valence-corrected chi connectivity index (χ2v) is 8.50. The van der Waals surface area contributed by atoms with E-state index >= 15 is 0 Å². The number of likely N-dealkylation sites (N-methyl/N-ethyl adjacent to an activating group) is 1. The number of hydrogen-bond donors (Lipinski definition) is 2. The number of hydrogen-bond acceptors (Lipinski definition) is 8. The van der Waals surface area contributed by atoms with Crippen LogP contribution in [0.25, 0.3) is 5.76 Å². The van der Waals surface area contributed by atoms with E-state index in [1.807, 2.05) is 19.0 Å². The molecular formula is C25H31N3O7. The third-order valence-electron chi connectivity index (χ3n) is 6.12. The standard InChI is InChI=1S/C25H31N3O7/c1-13-17(14(2)26-19(13)25(32)35-7)21(29)18-20(15-9-8-10-16(33-5)23(15)34-6)28(12-11-27(3)4)24(31)22(18)30/h8-10,20,26,29H,11-12H2,1-7H3/t20-/m0/s1. The lowest BCUT2D eigenvalue weighted by Gasteiger charge is -2.28. The second kappa shape index (κ2) is 10.2. The van der Waals surface area contributed by atoms with Gasteiger partial charge in [0.25, 0.3) is 11.7 Å². The number of Topliss-reactive ketones (excluding diaryl/α,β-unsaturated/α-hetero) is 1. The van der Waals surface area contributed by atoms with Gasteiger partial charge in [0.05, 0.1) is 32.9 Å². The minimum Gasteiger partial charge on any atom is -0.507 e. The number of rotatable bonds is 8. The maximum Gasteiger partial charge on any atom is 0.354 e. The molecule has 188 valence electrons. The van der Waals surface area contributed by atoms with Gasteiger partial charge in [-0.05, 0) is 39.6 Å². The minimum absolute atomic E-state index is 0.0954. The number of aliphatic hydroxyl groups excluding tert-OH is 1. The van der Waals surface area contributed by atoms with Crippen LogP contribution in [-0.2, 0) is 14.3 Å². The molecule has 2 N–H and O–H groups in total. The summed E-state index contributed by atoms with van der Waals surface area (Å²) in [5.41, 5.74) is 1.68. The highest BCUT2D eigenvalue weighted by molar-refractivity contribution is 6.46. The topological polar surface area (TPSA) is 121 Å². The summed E-state index contributed by atoms with van der Waals surface area (Å²) in [7, 11) is 7.93. The van der Waals surface area contributed by atoms with Crippen LogP contribution >= 0.6 is 0 Å².